The molecule has 21 heavy (non-hydrogen) atoms. The minimum Gasteiger partial charge on any atom is -0.0683 e. The summed E-state index contributed by atoms with van der Waals surface area (Å²) in [5, 5.41) is 2.94. The fraction of sp³-hybridized carbons (Fsp3) is 0.524. The van der Waals surface area contributed by atoms with E-state index in [9.17, 15) is 0 Å². The quantitative estimate of drug-likeness (QED) is 0.542. The van der Waals surface area contributed by atoms with Crippen LogP contribution in [0.15, 0.2) is 36.4 Å². The average molecular weight is 282 g/mol. The van der Waals surface area contributed by atoms with Crippen LogP contribution in [0.5, 0.6) is 0 Å². The number of benzene rings is 2. The average Bonchev–Trinajstić information content (AvgIpc) is 2.79. The SMILES string of the molecule is CC.CC(C)C1c2cccc3cccc(c23)C1C(C)(C)C. The van der Waals surface area contributed by atoms with E-state index in [4.69, 9.17) is 0 Å². The van der Waals surface area contributed by atoms with Crippen molar-refractivity contribution < 1.29 is 0 Å². The molecule has 1 aliphatic rings. The molecule has 0 heteroatoms. The lowest BCUT2D eigenvalue weighted by Crippen LogP contribution is -2.24. The van der Waals surface area contributed by atoms with Gasteiger partial charge in [0.05, 0.1) is 0 Å². The minimum absolute atomic E-state index is 0.308. The number of rotatable bonds is 1. The Morgan fingerprint density at radius 2 is 1.38 bits per heavy atom. The first-order valence-electron chi connectivity index (χ1n) is 8.43. The van der Waals surface area contributed by atoms with Gasteiger partial charge < -0.3 is 0 Å². The van der Waals surface area contributed by atoms with Gasteiger partial charge in [-0.05, 0) is 45.1 Å². The first-order chi connectivity index (χ1) is 9.91. The Morgan fingerprint density at radius 1 is 0.857 bits per heavy atom. The van der Waals surface area contributed by atoms with E-state index in [1.54, 1.807) is 11.1 Å². The normalized spacial score (nSPS) is 20.6. The highest BCUT2D eigenvalue weighted by molar-refractivity contribution is 5.92. The Hall–Kier alpha value is -1.30. The standard InChI is InChI=1S/C19H24.C2H6/c1-12(2)16-14-10-6-8-13-9-7-11-15(17(13)14)18(16)19(3,4)5;1-2/h6-12,16,18H,1-5H3;1-2H3. The first kappa shape index (κ1) is 16.1. The summed E-state index contributed by atoms with van der Waals surface area (Å²) >= 11 is 0. The van der Waals surface area contributed by atoms with Crippen molar-refractivity contribution in [3.63, 3.8) is 0 Å². The summed E-state index contributed by atoms with van der Waals surface area (Å²) in [5.74, 6) is 1.97. The molecule has 114 valence electrons. The Morgan fingerprint density at radius 3 is 1.86 bits per heavy atom. The molecule has 0 amide bonds. The summed E-state index contributed by atoms with van der Waals surface area (Å²) in [6, 6.07) is 13.7. The predicted octanol–water partition coefficient (Wildman–Crippen LogP) is 6.75. The van der Waals surface area contributed by atoms with Crippen LogP contribution in [0.25, 0.3) is 10.8 Å². The molecular formula is C21H30. The molecule has 1 aliphatic carbocycles. The van der Waals surface area contributed by atoms with Crippen LogP contribution < -0.4 is 0 Å². The molecule has 2 aromatic rings. The Labute approximate surface area is 130 Å². The van der Waals surface area contributed by atoms with Crippen molar-refractivity contribution >= 4 is 10.8 Å². The second-order valence-corrected chi connectivity index (χ2v) is 7.41. The summed E-state index contributed by atoms with van der Waals surface area (Å²) in [4.78, 5) is 0. The molecule has 0 fully saturated rings. The van der Waals surface area contributed by atoms with E-state index in [0.29, 0.717) is 23.2 Å². The Balaban J connectivity index is 0.000000774. The molecule has 0 aliphatic heterocycles. The van der Waals surface area contributed by atoms with Crippen LogP contribution in [0.4, 0.5) is 0 Å². The van der Waals surface area contributed by atoms with Crippen LogP contribution in [0.1, 0.15) is 71.4 Å². The van der Waals surface area contributed by atoms with Crippen molar-refractivity contribution in [1.29, 1.82) is 0 Å². The van der Waals surface area contributed by atoms with Gasteiger partial charge in [-0.1, -0.05) is 84.9 Å². The van der Waals surface area contributed by atoms with Crippen LogP contribution >= 0.6 is 0 Å². The second kappa shape index (κ2) is 5.83. The Bertz CT molecular complexity index is 608. The molecular weight excluding hydrogens is 252 g/mol. The van der Waals surface area contributed by atoms with Crippen molar-refractivity contribution in [2.24, 2.45) is 11.3 Å². The summed E-state index contributed by atoms with van der Waals surface area (Å²) in [7, 11) is 0. The van der Waals surface area contributed by atoms with E-state index in [1.807, 2.05) is 13.8 Å². The highest BCUT2D eigenvalue weighted by Gasteiger charge is 2.42. The van der Waals surface area contributed by atoms with Crippen LogP contribution in [-0.2, 0) is 0 Å². The van der Waals surface area contributed by atoms with Gasteiger partial charge in [0, 0.05) is 0 Å². The number of hydrogen-bond donors (Lipinski definition) is 0. The number of hydrogen-bond acceptors (Lipinski definition) is 0. The fourth-order valence-electron chi connectivity index (χ4n) is 4.06. The highest BCUT2D eigenvalue weighted by atomic mass is 14.5. The molecule has 2 atom stereocenters. The lowest BCUT2D eigenvalue weighted by molar-refractivity contribution is 0.254. The fourth-order valence-corrected chi connectivity index (χ4v) is 4.06. The molecule has 0 nitrogen and oxygen atoms in total. The molecule has 0 saturated heterocycles. The van der Waals surface area contributed by atoms with Crippen molar-refractivity contribution in [1.82, 2.24) is 0 Å². The zero-order valence-electron chi connectivity index (χ0n) is 14.7. The maximum Gasteiger partial charge on any atom is -0.00355 e. The zero-order chi connectivity index (χ0) is 15.8. The summed E-state index contributed by atoms with van der Waals surface area (Å²) in [6.07, 6.45) is 0. The maximum absolute atomic E-state index is 2.39. The topological polar surface area (TPSA) is 0 Å². The lowest BCUT2D eigenvalue weighted by atomic mass is 9.68. The zero-order valence-corrected chi connectivity index (χ0v) is 14.7. The molecule has 2 aromatic carbocycles. The van der Waals surface area contributed by atoms with E-state index in [0.717, 1.165) is 0 Å². The first-order valence-corrected chi connectivity index (χ1v) is 8.43. The predicted molar refractivity (Wildman–Crippen MR) is 95.1 cm³/mol. The van der Waals surface area contributed by atoms with Gasteiger partial charge in [-0.3, -0.25) is 0 Å². The van der Waals surface area contributed by atoms with Gasteiger partial charge in [-0.25, -0.2) is 0 Å². The van der Waals surface area contributed by atoms with Gasteiger partial charge in [-0.2, -0.15) is 0 Å². The molecule has 2 unspecified atom stereocenters. The summed E-state index contributed by atoms with van der Waals surface area (Å²) in [6.45, 7) is 15.9. The van der Waals surface area contributed by atoms with Crippen molar-refractivity contribution in [2.45, 2.75) is 60.3 Å². The third-order valence-corrected chi connectivity index (χ3v) is 4.67. The highest BCUT2D eigenvalue weighted by Crippen LogP contribution is 2.56. The van der Waals surface area contributed by atoms with Gasteiger partial charge in [0.1, 0.15) is 0 Å². The van der Waals surface area contributed by atoms with Gasteiger partial charge in [0.15, 0.2) is 0 Å². The van der Waals surface area contributed by atoms with E-state index in [1.165, 1.54) is 10.8 Å². The van der Waals surface area contributed by atoms with Crippen LogP contribution in [0, 0.1) is 11.3 Å². The molecule has 0 heterocycles. The largest absolute Gasteiger partial charge is 0.0683 e. The van der Waals surface area contributed by atoms with Crippen molar-refractivity contribution in [3.05, 3.63) is 47.5 Å². The molecule has 0 radical (unpaired) electrons. The smallest absolute Gasteiger partial charge is 0.00355 e. The molecule has 0 bridgehead atoms. The van der Waals surface area contributed by atoms with E-state index in [-0.39, 0.29) is 0 Å². The van der Waals surface area contributed by atoms with Crippen molar-refractivity contribution in [2.75, 3.05) is 0 Å². The van der Waals surface area contributed by atoms with E-state index >= 15 is 0 Å². The Kier molecular flexibility index (Phi) is 4.46. The molecule has 0 saturated carbocycles. The summed E-state index contributed by atoms with van der Waals surface area (Å²) in [5.41, 5.74) is 3.45. The third kappa shape index (κ3) is 2.61. The molecule has 0 N–H and O–H groups in total. The monoisotopic (exact) mass is 282 g/mol. The van der Waals surface area contributed by atoms with Gasteiger partial charge in [-0.15, -0.1) is 0 Å². The van der Waals surface area contributed by atoms with Crippen LogP contribution in [0.2, 0.25) is 0 Å². The van der Waals surface area contributed by atoms with Crippen molar-refractivity contribution in [3.8, 4) is 0 Å². The molecule has 0 aromatic heterocycles. The van der Waals surface area contributed by atoms with E-state index in [2.05, 4.69) is 71.0 Å². The lowest BCUT2D eigenvalue weighted by Gasteiger charge is -2.36. The summed E-state index contributed by atoms with van der Waals surface area (Å²) < 4.78 is 0. The second-order valence-electron chi connectivity index (χ2n) is 7.41. The van der Waals surface area contributed by atoms with Gasteiger partial charge in [0.25, 0.3) is 0 Å². The molecule has 3 rings (SSSR count). The van der Waals surface area contributed by atoms with E-state index < -0.39 is 0 Å². The third-order valence-electron chi connectivity index (χ3n) is 4.67. The van der Waals surface area contributed by atoms with Crippen LogP contribution in [-0.4, -0.2) is 0 Å². The molecule has 0 spiro atoms. The maximum atomic E-state index is 2.39. The van der Waals surface area contributed by atoms with Gasteiger partial charge >= 0.3 is 0 Å². The van der Waals surface area contributed by atoms with Gasteiger partial charge in [0.2, 0.25) is 0 Å². The van der Waals surface area contributed by atoms with Crippen LogP contribution in [0.3, 0.4) is 0 Å². The minimum atomic E-state index is 0.308.